The van der Waals surface area contributed by atoms with Crippen LogP contribution in [0.15, 0.2) is 0 Å². The molecule has 2 amide bonds. The molecule has 0 saturated carbocycles. The maximum absolute atomic E-state index is 12.6. The highest BCUT2D eigenvalue weighted by atomic mass is 16.2. The number of carbonyl (C=O) groups excluding carboxylic acids is 2. The number of carbonyl (C=O) groups is 2. The fraction of sp³-hybridized carbons (Fsp3) is 0.950. The molecule has 0 radical (unpaired) electrons. The summed E-state index contributed by atoms with van der Waals surface area (Å²) in [7, 11) is 0. The molecule has 0 rings (SSSR count). The summed E-state index contributed by atoms with van der Waals surface area (Å²) in [4.78, 5) is 24.4. The van der Waals surface area contributed by atoms with E-state index in [-0.39, 0.29) is 12.3 Å². The predicted molar refractivity (Wildman–Crippen MR) is 194 cm³/mol. The Morgan fingerprint density at radius 2 is 0.568 bits per heavy atom. The van der Waals surface area contributed by atoms with Gasteiger partial charge < -0.3 is 11.5 Å². The SMILES string of the molecule is CCCCCCCCCCCCCCCCCCC(CCCCCCCCCCCCCCCCCC)(CC(N)=O)C(N)=O. The van der Waals surface area contributed by atoms with Gasteiger partial charge in [-0.15, -0.1) is 0 Å². The zero-order valence-electron chi connectivity index (χ0n) is 30.2. The first-order valence-electron chi connectivity index (χ1n) is 20.1. The average Bonchev–Trinajstić information content (AvgIpc) is 3.00. The Kier molecular flexibility index (Phi) is 32.5. The van der Waals surface area contributed by atoms with Crippen LogP contribution in [0.5, 0.6) is 0 Å². The van der Waals surface area contributed by atoms with E-state index < -0.39 is 11.3 Å². The van der Waals surface area contributed by atoms with Crippen molar-refractivity contribution < 1.29 is 9.59 Å². The van der Waals surface area contributed by atoms with Gasteiger partial charge in [0.05, 0.1) is 5.41 Å². The fourth-order valence-electron chi connectivity index (χ4n) is 6.99. The molecule has 262 valence electrons. The second-order valence-electron chi connectivity index (χ2n) is 14.4. The normalized spacial score (nSPS) is 11.8. The van der Waals surface area contributed by atoms with Crippen LogP contribution in [0.2, 0.25) is 0 Å². The van der Waals surface area contributed by atoms with Gasteiger partial charge in [-0.1, -0.05) is 219 Å². The molecule has 0 aliphatic carbocycles. The van der Waals surface area contributed by atoms with Gasteiger partial charge in [0.25, 0.3) is 0 Å². The molecule has 0 atom stereocenters. The lowest BCUT2D eigenvalue weighted by molar-refractivity contribution is -0.134. The van der Waals surface area contributed by atoms with Crippen molar-refractivity contribution in [3.05, 3.63) is 0 Å². The van der Waals surface area contributed by atoms with Crippen LogP contribution in [0, 0.1) is 5.41 Å². The van der Waals surface area contributed by atoms with Crippen LogP contribution in [-0.2, 0) is 9.59 Å². The third kappa shape index (κ3) is 28.4. The van der Waals surface area contributed by atoms with Gasteiger partial charge in [-0.25, -0.2) is 0 Å². The summed E-state index contributed by atoms with van der Waals surface area (Å²) in [6.07, 6.45) is 44.0. The first-order valence-corrected chi connectivity index (χ1v) is 20.1. The van der Waals surface area contributed by atoms with E-state index in [0.29, 0.717) is 12.8 Å². The van der Waals surface area contributed by atoms with E-state index in [2.05, 4.69) is 13.8 Å². The molecule has 0 aromatic heterocycles. The largest absolute Gasteiger partial charge is 0.370 e. The smallest absolute Gasteiger partial charge is 0.224 e. The molecule has 0 fully saturated rings. The maximum atomic E-state index is 12.6. The van der Waals surface area contributed by atoms with Crippen molar-refractivity contribution in [3.8, 4) is 0 Å². The number of unbranched alkanes of at least 4 members (excludes halogenated alkanes) is 30. The maximum Gasteiger partial charge on any atom is 0.224 e. The molecule has 0 unspecified atom stereocenters. The van der Waals surface area contributed by atoms with Gasteiger partial charge in [0, 0.05) is 6.42 Å². The topological polar surface area (TPSA) is 86.2 Å². The molecule has 0 aliphatic rings. The van der Waals surface area contributed by atoms with Gasteiger partial charge in [-0.05, 0) is 12.8 Å². The summed E-state index contributed by atoms with van der Waals surface area (Å²) >= 11 is 0. The zero-order valence-corrected chi connectivity index (χ0v) is 30.2. The van der Waals surface area contributed by atoms with E-state index in [1.54, 1.807) is 0 Å². The van der Waals surface area contributed by atoms with E-state index in [1.807, 2.05) is 0 Å². The van der Waals surface area contributed by atoms with Gasteiger partial charge >= 0.3 is 0 Å². The Hall–Kier alpha value is -1.06. The quantitative estimate of drug-likeness (QED) is 0.0677. The zero-order chi connectivity index (χ0) is 32.4. The summed E-state index contributed by atoms with van der Waals surface area (Å²) < 4.78 is 0. The minimum absolute atomic E-state index is 0.111. The van der Waals surface area contributed by atoms with Crippen molar-refractivity contribution in [2.24, 2.45) is 16.9 Å². The molecular weight excluding hydrogens is 540 g/mol. The molecule has 4 nitrogen and oxygen atoms in total. The van der Waals surface area contributed by atoms with Gasteiger partial charge in [-0.3, -0.25) is 9.59 Å². The van der Waals surface area contributed by atoms with Crippen molar-refractivity contribution in [2.45, 2.75) is 239 Å². The molecule has 0 saturated heterocycles. The van der Waals surface area contributed by atoms with Crippen molar-refractivity contribution >= 4 is 11.8 Å². The van der Waals surface area contributed by atoms with Gasteiger partial charge in [0.15, 0.2) is 0 Å². The van der Waals surface area contributed by atoms with Crippen LogP contribution in [0.1, 0.15) is 239 Å². The number of nitrogens with two attached hydrogens (primary N) is 2. The van der Waals surface area contributed by atoms with Crippen LogP contribution in [0.25, 0.3) is 0 Å². The van der Waals surface area contributed by atoms with Crippen LogP contribution >= 0.6 is 0 Å². The van der Waals surface area contributed by atoms with E-state index >= 15 is 0 Å². The van der Waals surface area contributed by atoms with Gasteiger partial charge in [-0.2, -0.15) is 0 Å². The van der Waals surface area contributed by atoms with Crippen molar-refractivity contribution in [2.75, 3.05) is 0 Å². The highest BCUT2D eigenvalue weighted by molar-refractivity contribution is 5.87. The molecular formula is C40H80N2O2. The molecule has 0 aliphatic heterocycles. The molecule has 0 aromatic carbocycles. The number of hydrogen-bond donors (Lipinski definition) is 2. The van der Waals surface area contributed by atoms with Crippen molar-refractivity contribution in [1.82, 2.24) is 0 Å². The Morgan fingerprint density at radius 1 is 0.364 bits per heavy atom. The highest BCUT2D eigenvalue weighted by Crippen LogP contribution is 2.35. The summed E-state index contributed by atoms with van der Waals surface area (Å²) in [6, 6.07) is 0. The van der Waals surface area contributed by atoms with E-state index in [0.717, 1.165) is 25.7 Å². The van der Waals surface area contributed by atoms with Gasteiger partial charge in [0.2, 0.25) is 11.8 Å². The van der Waals surface area contributed by atoms with E-state index in [9.17, 15) is 9.59 Å². The van der Waals surface area contributed by atoms with Crippen LogP contribution in [0.3, 0.4) is 0 Å². The monoisotopic (exact) mass is 621 g/mol. The Labute approximate surface area is 276 Å². The first kappa shape index (κ1) is 42.9. The third-order valence-corrected chi connectivity index (χ3v) is 10.1. The molecule has 0 bridgehead atoms. The van der Waals surface area contributed by atoms with Gasteiger partial charge in [0.1, 0.15) is 0 Å². The molecule has 44 heavy (non-hydrogen) atoms. The van der Waals surface area contributed by atoms with E-state index in [4.69, 9.17) is 11.5 Å². The fourth-order valence-corrected chi connectivity index (χ4v) is 6.99. The molecule has 0 heterocycles. The predicted octanol–water partition coefficient (Wildman–Crippen LogP) is 12.6. The highest BCUT2D eigenvalue weighted by Gasteiger charge is 2.37. The van der Waals surface area contributed by atoms with Crippen molar-refractivity contribution in [3.63, 3.8) is 0 Å². The summed E-state index contributed by atoms with van der Waals surface area (Å²) in [5.74, 6) is -0.713. The number of primary amides is 2. The van der Waals surface area contributed by atoms with Crippen LogP contribution in [-0.4, -0.2) is 11.8 Å². The second-order valence-corrected chi connectivity index (χ2v) is 14.4. The minimum atomic E-state index is -0.738. The summed E-state index contributed by atoms with van der Waals surface area (Å²) in [5, 5.41) is 0. The average molecular weight is 621 g/mol. The molecule has 0 aromatic rings. The summed E-state index contributed by atoms with van der Waals surface area (Å²) in [6.45, 7) is 4.56. The van der Waals surface area contributed by atoms with Crippen LogP contribution in [0.4, 0.5) is 0 Å². The number of rotatable bonds is 37. The van der Waals surface area contributed by atoms with Crippen molar-refractivity contribution in [1.29, 1.82) is 0 Å². The minimum Gasteiger partial charge on any atom is -0.370 e. The number of hydrogen-bond acceptors (Lipinski definition) is 2. The summed E-state index contributed by atoms with van der Waals surface area (Å²) in [5.41, 5.74) is 10.8. The van der Waals surface area contributed by atoms with Crippen LogP contribution < -0.4 is 11.5 Å². The Morgan fingerprint density at radius 3 is 0.750 bits per heavy atom. The van der Waals surface area contributed by atoms with E-state index in [1.165, 1.54) is 180 Å². The second kappa shape index (κ2) is 33.3. The standard InChI is InChI=1S/C40H80N2O2/c1-3-5-7-9-11-13-15-17-19-21-23-25-27-29-31-33-35-40(39(42)44,37-38(41)43)36-34-32-30-28-26-24-22-20-18-16-14-12-10-8-6-4-2/h3-37H2,1-2H3,(H2,41,43)(H2,42,44). The third-order valence-electron chi connectivity index (χ3n) is 10.1. The first-order chi connectivity index (χ1) is 21.5. The Balaban J connectivity index is 3.87. The lowest BCUT2D eigenvalue weighted by atomic mass is 9.74. The lowest BCUT2D eigenvalue weighted by Crippen LogP contribution is -2.40. The molecule has 0 spiro atoms. The molecule has 4 heteroatoms. The molecule has 4 N–H and O–H groups in total. The number of amides is 2. The Bertz CT molecular complexity index is 584. The lowest BCUT2D eigenvalue weighted by Gasteiger charge is -2.29.